The van der Waals surface area contributed by atoms with Crippen LogP contribution < -0.4 is 0 Å². The van der Waals surface area contributed by atoms with Gasteiger partial charge in [0.15, 0.2) is 0 Å². The van der Waals surface area contributed by atoms with Crippen LogP contribution in [0.4, 0.5) is 4.39 Å². The van der Waals surface area contributed by atoms with Crippen molar-refractivity contribution in [2.24, 2.45) is 0 Å². The molecule has 0 N–H and O–H groups in total. The Morgan fingerprint density at radius 1 is 1.06 bits per heavy atom. The third-order valence-corrected chi connectivity index (χ3v) is 7.59. The molecule has 1 atom stereocenters. The van der Waals surface area contributed by atoms with Crippen molar-refractivity contribution in [1.29, 1.82) is 0 Å². The van der Waals surface area contributed by atoms with E-state index in [0.29, 0.717) is 17.7 Å². The van der Waals surface area contributed by atoms with Crippen LogP contribution >= 0.6 is 0 Å². The predicted octanol–water partition coefficient (Wildman–Crippen LogP) is 6.94. The lowest BCUT2D eigenvalue weighted by Crippen LogP contribution is -2.44. The number of halogens is 1. The molecular weight excluding hydrogens is 437 g/mol. The van der Waals surface area contributed by atoms with Crippen LogP contribution in [0.25, 0.3) is 22.2 Å². The van der Waals surface area contributed by atoms with Gasteiger partial charge >= 0.3 is 0 Å². The molecule has 35 heavy (non-hydrogen) atoms. The molecule has 5 heteroatoms. The van der Waals surface area contributed by atoms with Crippen LogP contribution in [0.15, 0.2) is 54.6 Å². The highest BCUT2D eigenvalue weighted by atomic mass is 19.1. The van der Waals surface area contributed by atoms with Crippen LogP contribution in [0.5, 0.6) is 0 Å². The summed E-state index contributed by atoms with van der Waals surface area (Å²) in [5.41, 5.74) is 7.08. The van der Waals surface area contributed by atoms with Crippen LogP contribution in [0, 0.1) is 26.6 Å². The maximum atomic E-state index is 14.2. The van der Waals surface area contributed by atoms with Crippen LogP contribution in [0.3, 0.4) is 0 Å². The van der Waals surface area contributed by atoms with Gasteiger partial charge in [0.05, 0.1) is 16.6 Å². The summed E-state index contributed by atoms with van der Waals surface area (Å²) >= 11 is 0. The highest BCUT2D eigenvalue weighted by Crippen LogP contribution is 2.41. The summed E-state index contributed by atoms with van der Waals surface area (Å²) in [5, 5.41) is 0. The monoisotopic (exact) mass is 469 g/mol. The summed E-state index contributed by atoms with van der Waals surface area (Å²) in [5.74, 6) is 0.593. The lowest BCUT2D eigenvalue weighted by molar-refractivity contribution is 0.0599. The first-order valence-electron chi connectivity index (χ1n) is 12.4. The summed E-state index contributed by atoms with van der Waals surface area (Å²) in [6.45, 7) is 11.9. The zero-order valence-electron chi connectivity index (χ0n) is 21.2. The molecule has 2 heterocycles. The molecule has 4 aromatic rings. The predicted molar refractivity (Wildman–Crippen MR) is 139 cm³/mol. The van der Waals surface area contributed by atoms with Crippen LogP contribution in [-0.2, 0) is 12.1 Å². The van der Waals surface area contributed by atoms with Crippen molar-refractivity contribution in [3.8, 4) is 11.1 Å². The van der Waals surface area contributed by atoms with Gasteiger partial charge in [0.2, 0.25) is 0 Å². The van der Waals surface area contributed by atoms with Gasteiger partial charge in [0, 0.05) is 18.7 Å². The van der Waals surface area contributed by atoms with Crippen LogP contribution in [0.2, 0.25) is 0 Å². The Labute approximate surface area is 206 Å². The molecule has 1 aliphatic rings. The Hall–Kier alpha value is -3.47. The Morgan fingerprint density at radius 3 is 2.57 bits per heavy atom. The minimum Gasteiger partial charge on any atom is -0.326 e. The van der Waals surface area contributed by atoms with Crippen molar-refractivity contribution in [2.45, 2.75) is 59.5 Å². The Kier molecular flexibility index (Phi) is 5.74. The number of aryl methyl sites for hydroxylation is 4. The van der Waals surface area contributed by atoms with E-state index in [1.165, 1.54) is 23.3 Å². The van der Waals surface area contributed by atoms with Gasteiger partial charge in [-0.25, -0.2) is 9.37 Å². The first kappa shape index (κ1) is 23.3. The summed E-state index contributed by atoms with van der Waals surface area (Å²) < 4.78 is 16.3. The molecule has 0 saturated carbocycles. The van der Waals surface area contributed by atoms with Gasteiger partial charge in [-0.2, -0.15) is 0 Å². The average molecular weight is 470 g/mol. The third kappa shape index (κ3) is 3.83. The molecule has 1 amide bonds. The molecule has 5 rings (SSSR count). The summed E-state index contributed by atoms with van der Waals surface area (Å²) in [6, 6.07) is 16.6. The lowest BCUT2D eigenvalue weighted by Gasteiger charge is -2.35. The number of carbonyl (C=O) groups excluding carboxylic acids is 1. The first-order chi connectivity index (χ1) is 16.7. The van der Waals surface area contributed by atoms with E-state index >= 15 is 0 Å². The number of likely N-dealkylation sites (tertiary alicyclic amines) is 1. The van der Waals surface area contributed by atoms with E-state index in [1.54, 1.807) is 6.07 Å². The number of hydrogen-bond acceptors (Lipinski definition) is 2. The van der Waals surface area contributed by atoms with E-state index in [-0.39, 0.29) is 11.7 Å². The smallest absolute Gasteiger partial charge is 0.255 e. The first-order valence-corrected chi connectivity index (χ1v) is 12.4. The van der Waals surface area contributed by atoms with E-state index < -0.39 is 5.54 Å². The van der Waals surface area contributed by atoms with Gasteiger partial charge in [0.25, 0.3) is 5.91 Å². The number of benzene rings is 3. The highest BCUT2D eigenvalue weighted by Gasteiger charge is 2.45. The second-order valence-corrected chi connectivity index (χ2v) is 10.00. The summed E-state index contributed by atoms with van der Waals surface area (Å²) in [7, 11) is 0. The van der Waals surface area contributed by atoms with Gasteiger partial charge in [-0.15, -0.1) is 0 Å². The molecule has 1 unspecified atom stereocenters. The fraction of sp³-hybridized carbons (Fsp3) is 0.333. The topological polar surface area (TPSA) is 38.1 Å². The molecule has 1 fully saturated rings. The highest BCUT2D eigenvalue weighted by molar-refractivity contribution is 6.01. The van der Waals surface area contributed by atoms with Gasteiger partial charge in [0.1, 0.15) is 11.6 Å². The SMILES string of the molecule is CCn1c(C2(C)CCCN2C(=O)c2cc(C)ccc2-c2cccc(F)c2)nc2cc(C)c(C)cc21. The number of aromatic nitrogens is 2. The number of hydrogen-bond donors (Lipinski definition) is 0. The molecule has 4 nitrogen and oxygen atoms in total. The second-order valence-electron chi connectivity index (χ2n) is 10.00. The minimum absolute atomic E-state index is 0.0324. The number of imidazole rings is 1. The molecule has 0 radical (unpaired) electrons. The van der Waals surface area contributed by atoms with Crippen LogP contribution in [-0.4, -0.2) is 26.9 Å². The summed E-state index contributed by atoms with van der Waals surface area (Å²) in [4.78, 5) is 21.3. The van der Waals surface area contributed by atoms with Crippen molar-refractivity contribution < 1.29 is 9.18 Å². The molecule has 1 aliphatic heterocycles. The van der Waals surface area contributed by atoms with E-state index in [2.05, 4.69) is 44.4 Å². The van der Waals surface area contributed by atoms with Gasteiger partial charge in [-0.1, -0.05) is 29.8 Å². The molecule has 180 valence electrons. The normalized spacial score (nSPS) is 17.9. The van der Waals surface area contributed by atoms with E-state index in [4.69, 9.17) is 4.98 Å². The largest absolute Gasteiger partial charge is 0.326 e. The Morgan fingerprint density at radius 2 is 1.83 bits per heavy atom. The van der Waals surface area contributed by atoms with E-state index in [0.717, 1.165) is 47.4 Å². The molecule has 0 bridgehead atoms. The fourth-order valence-electron chi connectivity index (χ4n) is 5.52. The van der Waals surface area contributed by atoms with Crippen LogP contribution in [0.1, 0.15) is 59.6 Å². The molecule has 1 saturated heterocycles. The second kappa shape index (κ2) is 8.63. The lowest BCUT2D eigenvalue weighted by atomic mass is 9.93. The van der Waals surface area contributed by atoms with Gasteiger partial charge in [-0.05, 0) is 100 Å². The van der Waals surface area contributed by atoms with Crippen molar-refractivity contribution >= 4 is 16.9 Å². The van der Waals surface area contributed by atoms with Crippen molar-refractivity contribution in [1.82, 2.24) is 14.5 Å². The van der Waals surface area contributed by atoms with Gasteiger partial charge < -0.3 is 9.47 Å². The number of nitrogens with zero attached hydrogens (tertiary/aromatic N) is 3. The Bertz CT molecular complexity index is 1450. The fourth-order valence-corrected chi connectivity index (χ4v) is 5.52. The number of amides is 1. The zero-order valence-corrected chi connectivity index (χ0v) is 21.2. The molecule has 0 aliphatic carbocycles. The van der Waals surface area contributed by atoms with E-state index in [9.17, 15) is 9.18 Å². The Balaban J connectivity index is 1.63. The quantitative estimate of drug-likeness (QED) is 0.325. The number of fused-ring (bicyclic) bond motifs is 1. The average Bonchev–Trinajstić information content (AvgIpc) is 3.40. The van der Waals surface area contributed by atoms with Crippen molar-refractivity contribution in [2.75, 3.05) is 6.54 Å². The summed E-state index contributed by atoms with van der Waals surface area (Å²) in [6.07, 6.45) is 1.76. The van der Waals surface area contributed by atoms with Crippen molar-refractivity contribution in [3.63, 3.8) is 0 Å². The standard InChI is InChI=1S/C30H32FN3O/c1-6-33-27-17-21(4)20(3)16-26(27)32-29(33)30(5)13-8-14-34(30)28(35)25-15-19(2)11-12-24(25)22-9-7-10-23(31)18-22/h7,9-12,15-18H,6,8,13-14H2,1-5H3. The minimum atomic E-state index is -0.531. The van der Waals surface area contributed by atoms with E-state index in [1.807, 2.05) is 36.1 Å². The molecule has 0 spiro atoms. The number of carbonyl (C=O) groups is 1. The molecular formula is C30H32FN3O. The molecule has 3 aromatic carbocycles. The maximum Gasteiger partial charge on any atom is 0.255 e. The number of rotatable bonds is 4. The zero-order chi connectivity index (χ0) is 24.9. The third-order valence-electron chi connectivity index (χ3n) is 7.59. The van der Waals surface area contributed by atoms with Crippen molar-refractivity contribution in [3.05, 3.63) is 88.5 Å². The van der Waals surface area contributed by atoms with Gasteiger partial charge in [-0.3, -0.25) is 4.79 Å². The maximum absolute atomic E-state index is 14.2. The molecule has 1 aromatic heterocycles.